The number of urea groups is 1. The maximum atomic E-state index is 13.6. The van der Waals surface area contributed by atoms with E-state index in [2.05, 4.69) is 31.1 Å². The van der Waals surface area contributed by atoms with Crippen LogP contribution in [0.1, 0.15) is 34.3 Å². The average Bonchev–Trinajstić information content (AvgIpc) is 3.12. The number of rotatable bonds is 6. The molecule has 2 aromatic heterocycles. The van der Waals surface area contributed by atoms with Crippen molar-refractivity contribution < 1.29 is 13.7 Å². The van der Waals surface area contributed by atoms with E-state index in [1.807, 2.05) is 13.8 Å². The SMILES string of the molecule is CNC[C@@H](NC(=O)N1CCc2cnc(Nc3c(C)noc3C)nc2C1)c1ccc(F)c(Cl)c1. The van der Waals surface area contributed by atoms with E-state index in [9.17, 15) is 9.18 Å². The van der Waals surface area contributed by atoms with E-state index in [0.29, 0.717) is 43.5 Å². The molecule has 1 aliphatic rings. The monoisotopic (exact) mass is 473 g/mol. The van der Waals surface area contributed by atoms with Crippen LogP contribution in [0.4, 0.5) is 20.8 Å². The van der Waals surface area contributed by atoms with E-state index in [1.54, 1.807) is 24.2 Å². The summed E-state index contributed by atoms with van der Waals surface area (Å²) in [5.41, 5.74) is 3.94. The van der Waals surface area contributed by atoms with Gasteiger partial charge in [-0.3, -0.25) is 0 Å². The zero-order valence-corrected chi connectivity index (χ0v) is 19.3. The fourth-order valence-corrected chi connectivity index (χ4v) is 3.92. The number of hydrogen-bond donors (Lipinski definition) is 3. The van der Waals surface area contributed by atoms with Gasteiger partial charge < -0.3 is 25.4 Å². The zero-order valence-electron chi connectivity index (χ0n) is 18.6. The van der Waals surface area contributed by atoms with Crippen molar-refractivity contribution in [3.63, 3.8) is 0 Å². The Morgan fingerprint density at radius 1 is 1.36 bits per heavy atom. The van der Waals surface area contributed by atoms with E-state index < -0.39 is 5.82 Å². The van der Waals surface area contributed by atoms with Gasteiger partial charge in [0.1, 0.15) is 17.2 Å². The molecule has 9 nitrogen and oxygen atoms in total. The molecular formula is C22H25ClFN7O2. The molecule has 0 bridgehead atoms. The number of halogens is 2. The standard InChI is InChI=1S/C22H25ClFN7O2/c1-12-20(13(2)33-30-12)29-21-26-9-15-6-7-31(11-19(15)27-21)22(32)28-18(10-25-3)14-4-5-17(24)16(23)8-14/h4-5,8-9,18,25H,6-7,10-11H2,1-3H3,(H,28,32)(H,26,27,29)/t18-/m1/s1. The third kappa shape index (κ3) is 5.07. The van der Waals surface area contributed by atoms with Gasteiger partial charge in [-0.25, -0.2) is 19.2 Å². The molecule has 2 amide bonds. The van der Waals surface area contributed by atoms with Gasteiger partial charge in [0.05, 0.1) is 23.3 Å². The Morgan fingerprint density at radius 3 is 2.88 bits per heavy atom. The minimum absolute atomic E-state index is 0.0183. The van der Waals surface area contributed by atoms with Crippen molar-refractivity contribution in [3.8, 4) is 0 Å². The Hall–Kier alpha value is -3.24. The van der Waals surface area contributed by atoms with Crippen LogP contribution in [-0.4, -0.2) is 46.2 Å². The second-order valence-corrected chi connectivity index (χ2v) is 8.30. The molecule has 174 valence electrons. The highest BCUT2D eigenvalue weighted by atomic mass is 35.5. The summed E-state index contributed by atoms with van der Waals surface area (Å²) < 4.78 is 18.7. The van der Waals surface area contributed by atoms with E-state index in [0.717, 1.165) is 22.5 Å². The molecule has 33 heavy (non-hydrogen) atoms. The number of nitrogens with zero attached hydrogens (tertiary/aromatic N) is 4. The minimum Gasteiger partial charge on any atom is -0.359 e. The number of carbonyl (C=O) groups excluding carboxylic acids is 1. The topological polar surface area (TPSA) is 108 Å². The number of aromatic nitrogens is 3. The molecule has 3 heterocycles. The summed E-state index contributed by atoms with van der Waals surface area (Å²) >= 11 is 5.94. The molecule has 1 atom stereocenters. The number of aryl methyl sites for hydroxylation is 2. The summed E-state index contributed by atoms with van der Waals surface area (Å²) in [5.74, 6) is 0.564. The van der Waals surface area contributed by atoms with Gasteiger partial charge in [0.15, 0.2) is 5.76 Å². The van der Waals surface area contributed by atoms with Gasteiger partial charge in [-0.15, -0.1) is 0 Å². The highest BCUT2D eigenvalue weighted by Crippen LogP contribution is 2.25. The van der Waals surface area contributed by atoms with Crippen molar-refractivity contribution >= 4 is 29.3 Å². The summed E-state index contributed by atoms with van der Waals surface area (Å²) in [6.45, 7) is 4.99. The summed E-state index contributed by atoms with van der Waals surface area (Å²) in [6.07, 6.45) is 2.43. The quantitative estimate of drug-likeness (QED) is 0.501. The lowest BCUT2D eigenvalue weighted by Crippen LogP contribution is -2.46. The molecule has 0 aliphatic carbocycles. The van der Waals surface area contributed by atoms with Crippen LogP contribution < -0.4 is 16.0 Å². The first-order valence-electron chi connectivity index (χ1n) is 10.6. The summed E-state index contributed by atoms with van der Waals surface area (Å²) in [6, 6.07) is 3.84. The number of amides is 2. The zero-order chi connectivity index (χ0) is 23.5. The molecule has 0 unspecified atom stereocenters. The van der Waals surface area contributed by atoms with Gasteiger partial charge >= 0.3 is 6.03 Å². The lowest BCUT2D eigenvalue weighted by Gasteiger charge is -2.30. The predicted octanol–water partition coefficient (Wildman–Crippen LogP) is 3.65. The van der Waals surface area contributed by atoms with Crippen LogP contribution in [-0.2, 0) is 13.0 Å². The number of hydrogen-bond acceptors (Lipinski definition) is 7. The highest BCUT2D eigenvalue weighted by molar-refractivity contribution is 6.30. The number of carbonyl (C=O) groups is 1. The van der Waals surface area contributed by atoms with Crippen LogP contribution in [0.2, 0.25) is 5.02 Å². The molecule has 0 radical (unpaired) electrons. The van der Waals surface area contributed by atoms with Crippen molar-refractivity contribution in [2.45, 2.75) is 32.9 Å². The van der Waals surface area contributed by atoms with Gasteiger partial charge in [0.25, 0.3) is 0 Å². The molecular weight excluding hydrogens is 449 g/mol. The van der Waals surface area contributed by atoms with Crippen molar-refractivity contribution in [1.29, 1.82) is 0 Å². The van der Waals surface area contributed by atoms with Gasteiger partial charge in [0.2, 0.25) is 5.95 Å². The third-order valence-corrected chi connectivity index (χ3v) is 5.84. The summed E-state index contributed by atoms with van der Waals surface area (Å²) in [7, 11) is 1.78. The molecule has 1 aliphatic heterocycles. The number of likely N-dealkylation sites (N-methyl/N-ethyl adjacent to an activating group) is 1. The lowest BCUT2D eigenvalue weighted by molar-refractivity contribution is 0.187. The number of nitrogens with one attached hydrogen (secondary N) is 3. The lowest BCUT2D eigenvalue weighted by atomic mass is 10.1. The first-order chi connectivity index (χ1) is 15.9. The van der Waals surface area contributed by atoms with Crippen LogP contribution >= 0.6 is 11.6 Å². The Kier molecular flexibility index (Phi) is 6.75. The maximum absolute atomic E-state index is 13.6. The van der Waals surface area contributed by atoms with Crippen molar-refractivity contribution in [3.05, 3.63) is 63.5 Å². The maximum Gasteiger partial charge on any atom is 0.318 e. The van der Waals surface area contributed by atoms with E-state index >= 15 is 0 Å². The highest BCUT2D eigenvalue weighted by Gasteiger charge is 2.25. The predicted molar refractivity (Wildman–Crippen MR) is 122 cm³/mol. The first kappa shape index (κ1) is 22.9. The van der Waals surface area contributed by atoms with Gasteiger partial charge in [-0.05, 0) is 50.6 Å². The van der Waals surface area contributed by atoms with Crippen LogP contribution in [0.3, 0.4) is 0 Å². The van der Waals surface area contributed by atoms with Crippen LogP contribution in [0, 0.1) is 19.7 Å². The Bertz CT molecular complexity index is 1150. The normalized spacial score (nSPS) is 14.0. The number of anilines is 2. The largest absolute Gasteiger partial charge is 0.359 e. The second kappa shape index (κ2) is 9.72. The van der Waals surface area contributed by atoms with E-state index in [1.165, 1.54) is 12.1 Å². The van der Waals surface area contributed by atoms with Gasteiger partial charge in [0, 0.05) is 19.3 Å². The van der Waals surface area contributed by atoms with E-state index in [4.69, 9.17) is 16.1 Å². The molecule has 4 rings (SSSR count). The molecule has 0 fully saturated rings. The van der Waals surface area contributed by atoms with Crippen molar-refractivity contribution in [1.82, 2.24) is 30.7 Å². The molecule has 1 aromatic carbocycles. The van der Waals surface area contributed by atoms with Crippen molar-refractivity contribution in [2.75, 3.05) is 25.5 Å². The Morgan fingerprint density at radius 2 is 2.18 bits per heavy atom. The number of benzene rings is 1. The molecule has 3 N–H and O–H groups in total. The van der Waals surface area contributed by atoms with Gasteiger partial charge in [-0.2, -0.15) is 0 Å². The smallest absolute Gasteiger partial charge is 0.318 e. The molecule has 11 heteroatoms. The van der Waals surface area contributed by atoms with Crippen LogP contribution in [0.5, 0.6) is 0 Å². The Labute approximate surface area is 195 Å². The molecule has 0 spiro atoms. The third-order valence-electron chi connectivity index (χ3n) is 5.56. The van der Waals surface area contributed by atoms with Crippen LogP contribution in [0.25, 0.3) is 0 Å². The fraction of sp³-hybridized carbons (Fsp3) is 0.364. The summed E-state index contributed by atoms with van der Waals surface area (Å²) in [5, 5.41) is 13.1. The van der Waals surface area contributed by atoms with Gasteiger partial charge in [-0.1, -0.05) is 22.8 Å². The van der Waals surface area contributed by atoms with E-state index in [-0.39, 0.29) is 17.1 Å². The average molecular weight is 474 g/mol. The number of fused-ring (bicyclic) bond motifs is 1. The Balaban J connectivity index is 1.47. The van der Waals surface area contributed by atoms with Crippen LogP contribution in [0.15, 0.2) is 28.9 Å². The molecule has 0 saturated carbocycles. The molecule has 3 aromatic rings. The van der Waals surface area contributed by atoms with Crippen molar-refractivity contribution in [2.24, 2.45) is 0 Å². The first-order valence-corrected chi connectivity index (χ1v) is 10.9. The molecule has 0 saturated heterocycles. The summed E-state index contributed by atoms with van der Waals surface area (Å²) in [4.78, 5) is 23.7. The minimum atomic E-state index is -0.497. The fourth-order valence-electron chi connectivity index (χ4n) is 3.74. The second-order valence-electron chi connectivity index (χ2n) is 7.89.